The normalized spacial score (nSPS) is 40.3. The molecule has 0 aromatic rings. The van der Waals surface area contributed by atoms with Crippen LogP contribution >= 0.6 is 0 Å². The van der Waals surface area contributed by atoms with Gasteiger partial charge in [0, 0.05) is 18.1 Å². The Morgan fingerprint density at radius 3 is 2.33 bits per heavy atom. The Labute approximate surface area is 114 Å². The van der Waals surface area contributed by atoms with Crippen molar-refractivity contribution in [2.45, 2.75) is 77.4 Å². The van der Waals surface area contributed by atoms with E-state index in [0.29, 0.717) is 11.5 Å². The van der Waals surface area contributed by atoms with Gasteiger partial charge in [-0.25, -0.2) is 0 Å². The Bertz CT molecular complexity index is 274. The van der Waals surface area contributed by atoms with Crippen molar-refractivity contribution in [2.75, 3.05) is 14.1 Å². The van der Waals surface area contributed by atoms with Gasteiger partial charge in [-0.15, -0.1) is 0 Å². The fraction of sp³-hybridized carbons (Fsp3) is 1.00. The molecule has 2 fully saturated rings. The third-order valence-corrected chi connectivity index (χ3v) is 5.73. The van der Waals surface area contributed by atoms with Crippen LogP contribution in [0.15, 0.2) is 0 Å². The van der Waals surface area contributed by atoms with Gasteiger partial charge in [0.15, 0.2) is 0 Å². The molecule has 2 saturated carbocycles. The highest BCUT2D eigenvalue weighted by Crippen LogP contribution is 2.41. The molecule has 2 rings (SSSR count). The summed E-state index contributed by atoms with van der Waals surface area (Å²) in [6.07, 6.45) is 8.42. The van der Waals surface area contributed by atoms with Crippen LogP contribution in [0.2, 0.25) is 0 Å². The van der Waals surface area contributed by atoms with E-state index < -0.39 is 0 Å². The van der Waals surface area contributed by atoms with Gasteiger partial charge in [0.05, 0.1) is 0 Å². The molecule has 0 aliphatic heterocycles. The fourth-order valence-corrected chi connectivity index (χ4v) is 4.53. The third kappa shape index (κ3) is 2.60. The highest BCUT2D eigenvalue weighted by Gasteiger charge is 2.44. The molecule has 106 valence electrons. The lowest BCUT2D eigenvalue weighted by molar-refractivity contribution is 0.0764. The lowest BCUT2D eigenvalue weighted by Crippen LogP contribution is -2.54. The average molecular weight is 252 g/mol. The molecule has 2 heteroatoms. The van der Waals surface area contributed by atoms with Crippen molar-refractivity contribution in [1.29, 1.82) is 0 Å². The fourth-order valence-electron chi connectivity index (χ4n) is 4.53. The zero-order valence-corrected chi connectivity index (χ0v) is 13.0. The summed E-state index contributed by atoms with van der Waals surface area (Å²) in [5.74, 6) is 0.880. The predicted octanol–water partition coefficient (Wildman–Crippen LogP) is 3.27. The maximum absolute atomic E-state index is 3.60. The van der Waals surface area contributed by atoms with E-state index in [1.54, 1.807) is 0 Å². The van der Waals surface area contributed by atoms with Gasteiger partial charge in [0.1, 0.15) is 0 Å². The minimum atomic E-state index is 0.450. The molecule has 0 heterocycles. The molecule has 18 heavy (non-hydrogen) atoms. The largest absolute Gasteiger partial charge is 0.315 e. The summed E-state index contributed by atoms with van der Waals surface area (Å²) in [5, 5.41) is 3.60. The zero-order chi connectivity index (χ0) is 13.3. The quantitative estimate of drug-likeness (QED) is 0.829. The van der Waals surface area contributed by atoms with Gasteiger partial charge in [-0.2, -0.15) is 0 Å². The summed E-state index contributed by atoms with van der Waals surface area (Å²) in [5.41, 5.74) is 0.450. The van der Waals surface area contributed by atoms with Gasteiger partial charge in [0.2, 0.25) is 0 Å². The molecule has 0 amide bonds. The number of likely N-dealkylation sites (N-methyl/N-ethyl adjacent to an activating group) is 2. The molecule has 0 saturated heterocycles. The Morgan fingerprint density at radius 1 is 1.06 bits per heavy atom. The van der Waals surface area contributed by atoms with Crippen LogP contribution < -0.4 is 5.32 Å². The van der Waals surface area contributed by atoms with Crippen molar-refractivity contribution in [3.05, 3.63) is 0 Å². The van der Waals surface area contributed by atoms with Crippen LogP contribution in [-0.2, 0) is 0 Å². The van der Waals surface area contributed by atoms with E-state index in [1.165, 1.54) is 38.5 Å². The van der Waals surface area contributed by atoms with Crippen molar-refractivity contribution in [3.63, 3.8) is 0 Å². The first kappa shape index (κ1) is 14.3. The monoisotopic (exact) mass is 252 g/mol. The topological polar surface area (TPSA) is 15.3 Å². The van der Waals surface area contributed by atoms with Crippen LogP contribution in [0.5, 0.6) is 0 Å². The van der Waals surface area contributed by atoms with E-state index in [2.05, 4.69) is 45.1 Å². The molecular formula is C16H32N2. The molecule has 0 aromatic heterocycles. The van der Waals surface area contributed by atoms with Crippen molar-refractivity contribution >= 4 is 0 Å². The van der Waals surface area contributed by atoms with E-state index in [9.17, 15) is 0 Å². The molecule has 0 spiro atoms. The molecule has 0 bridgehead atoms. The first-order chi connectivity index (χ1) is 8.47. The number of hydrogen-bond acceptors (Lipinski definition) is 2. The molecule has 1 N–H and O–H groups in total. The van der Waals surface area contributed by atoms with Gasteiger partial charge in [-0.3, -0.25) is 4.90 Å². The van der Waals surface area contributed by atoms with E-state index >= 15 is 0 Å². The van der Waals surface area contributed by atoms with E-state index in [-0.39, 0.29) is 0 Å². The lowest BCUT2D eigenvalue weighted by atomic mass is 9.82. The van der Waals surface area contributed by atoms with Crippen molar-refractivity contribution in [2.24, 2.45) is 11.3 Å². The van der Waals surface area contributed by atoms with Gasteiger partial charge in [-0.1, -0.05) is 33.6 Å². The molecule has 2 aliphatic rings. The number of nitrogens with zero attached hydrogens (tertiary/aromatic N) is 1. The Morgan fingerprint density at radius 2 is 1.72 bits per heavy atom. The highest BCUT2D eigenvalue weighted by molar-refractivity contribution is 5.01. The zero-order valence-electron chi connectivity index (χ0n) is 13.0. The summed E-state index contributed by atoms with van der Waals surface area (Å²) in [4.78, 5) is 2.72. The maximum atomic E-state index is 3.60. The second-order valence-corrected chi connectivity index (χ2v) is 7.36. The summed E-state index contributed by atoms with van der Waals surface area (Å²) < 4.78 is 0. The SMILES string of the molecule is CNC1C(N(C)C2CCCCC2C)CCC1(C)C. The molecule has 0 aromatic carbocycles. The Hall–Kier alpha value is -0.0800. The molecule has 2 aliphatic carbocycles. The Kier molecular flexibility index (Phi) is 4.38. The van der Waals surface area contributed by atoms with Gasteiger partial charge >= 0.3 is 0 Å². The van der Waals surface area contributed by atoms with Crippen LogP contribution in [0.25, 0.3) is 0 Å². The standard InChI is InChI=1S/C16H32N2/c1-12-8-6-7-9-13(12)18(5)14-10-11-16(2,3)15(14)17-4/h12-15,17H,6-11H2,1-5H3. The summed E-state index contributed by atoms with van der Waals surface area (Å²) >= 11 is 0. The minimum Gasteiger partial charge on any atom is -0.315 e. The number of rotatable bonds is 3. The second kappa shape index (κ2) is 5.50. The first-order valence-electron chi connectivity index (χ1n) is 7.86. The number of nitrogens with one attached hydrogen (secondary N) is 1. The average Bonchev–Trinajstić information content (AvgIpc) is 2.64. The first-order valence-corrected chi connectivity index (χ1v) is 7.86. The minimum absolute atomic E-state index is 0.450. The van der Waals surface area contributed by atoms with Crippen LogP contribution in [0.4, 0.5) is 0 Å². The van der Waals surface area contributed by atoms with E-state index in [0.717, 1.165) is 18.0 Å². The second-order valence-electron chi connectivity index (χ2n) is 7.36. The van der Waals surface area contributed by atoms with Crippen LogP contribution in [-0.4, -0.2) is 37.1 Å². The molecular weight excluding hydrogens is 220 g/mol. The summed E-state index contributed by atoms with van der Waals surface area (Å²) in [7, 11) is 4.52. The summed E-state index contributed by atoms with van der Waals surface area (Å²) in [6, 6.07) is 2.20. The van der Waals surface area contributed by atoms with Crippen molar-refractivity contribution in [1.82, 2.24) is 10.2 Å². The molecule has 4 atom stereocenters. The molecule has 2 nitrogen and oxygen atoms in total. The third-order valence-electron chi connectivity index (χ3n) is 5.73. The van der Waals surface area contributed by atoms with Crippen LogP contribution in [0, 0.1) is 11.3 Å². The van der Waals surface area contributed by atoms with E-state index in [1.807, 2.05) is 0 Å². The van der Waals surface area contributed by atoms with Crippen LogP contribution in [0.1, 0.15) is 59.3 Å². The van der Waals surface area contributed by atoms with E-state index in [4.69, 9.17) is 0 Å². The van der Waals surface area contributed by atoms with Crippen molar-refractivity contribution in [3.8, 4) is 0 Å². The smallest absolute Gasteiger partial charge is 0.0271 e. The van der Waals surface area contributed by atoms with Gasteiger partial charge < -0.3 is 5.32 Å². The molecule has 4 unspecified atom stereocenters. The predicted molar refractivity (Wildman–Crippen MR) is 78.8 cm³/mol. The molecule has 0 radical (unpaired) electrons. The van der Waals surface area contributed by atoms with Crippen LogP contribution in [0.3, 0.4) is 0 Å². The highest BCUT2D eigenvalue weighted by atomic mass is 15.2. The van der Waals surface area contributed by atoms with Gasteiger partial charge in [-0.05, 0) is 51.1 Å². The maximum Gasteiger partial charge on any atom is 0.0271 e. The number of hydrogen-bond donors (Lipinski definition) is 1. The lowest BCUT2D eigenvalue weighted by Gasteiger charge is -2.43. The van der Waals surface area contributed by atoms with Gasteiger partial charge in [0.25, 0.3) is 0 Å². The Balaban J connectivity index is 2.06. The summed E-state index contributed by atoms with van der Waals surface area (Å²) in [6.45, 7) is 7.30. The van der Waals surface area contributed by atoms with Crippen molar-refractivity contribution < 1.29 is 0 Å².